The predicted molar refractivity (Wildman–Crippen MR) is 133 cm³/mol. The number of amides is 1. The number of hydrogen-bond acceptors (Lipinski definition) is 7. The SMILES string of the molecule is Cc1nc(N)c2c(n1)OC(C)(C)C(c1ccc(C3CCC(CC(=O)N(C)CC(=O)O)CC3)cc1)=N2. The molecule has 4 rings (SSSR count). The van der Waals surface area contributed by atoms with E-state index in [1.807, 2.05) is 13.8 Å². The molecule has 2 aliphatic rings. The van der Waals surface area contributed by atoms with Crippen molar-refractivity contribution in [1.82, 2.24) is 14.9 Å². The molecule has 2 heterocycles. The monoisotopic (exact) mass is 479 g/mol. The van der Waals surface area contributed by atoms with Crippen molar-refractivity contribution in [2.75, 3.05) is 19.3 Å². The number of fused-ring (bicyclic) bond motifs is 1. The van der Waals surface area contributed by atoms with Gasteiger partial charge in [0.25, 0.3) is 0 Å². The highest BCUT2D eigenvalue weighted by atomic mass is 16.5. The highest BCUT2D eigenvalue weighted by Gasteiger charge is 2.35. The van der Waals surface area contributed by atoms with Crippen LogP contribution in [0.3, 0.4) is 0 Å². The van der Waals surface area contributed by atoms with Crippen molar-refractivity contribution in [3.8, 4) is 5.88 Å². The number of carboxylic acids is 1. The molecule has 1 aromatic carbocycles. The maximum atomic E-state index is 12.3. The van der Waals surface area contributed by atoms with Crippen molar-refractivity contribution in [3.63, 3.8) is 0 Å². The van der Waals surface area contributed by atoms with Crippen LogP contribution in [-0.4, -0.2) is 56.8 Å². The number of hydrogen-bond donors (Lipinski definition) is 2. The van der Waals surface area contributed by atoms with Gasteiger partial charge in [0.15, 0.2) is 11.5 Å². The van der Waals surface area contributed by atoms with E-state index in [0.29, 0.717) is 41.5 Å². The molecule has 0 bridgehead atoms. The van der Waals surface area contributed by atoms with Crippen molar-refractivity contribution in [1.29, 1.82) is 0 Å². The van der Waals surface area contributed by atoms with Gasteiger partial charge in [0.1, 0.15) is 18.0 Å². The summed E-state index contributed by atoms with van der Waals surface area (Å²) in [5, 5.41) is 8.88. The molecule has 1 aliphatic carbocycles. The Hall–Kier alpha value is -3.49. The van der Waals surface area contributed by atoms with Crippen molar-refractivity contribution in [2.45, 2.75) is 64.4 Å². The molecule has 1 fully saturated rings. The lowest BCUT2D eigenvalue weighted by Crippen LogP contribution is -2.41. The van der Waals surface area contributed by atoms with Crippen molar-refractivity contribution in [2.24, 2.45) is 10.9 Å². The van der Waals surface area contributed by atoms with Crippen molar-refractivity contribution < 1.29 is 19.4 Å². The van der Waals surface area contributed by atoms with Gasteiger partial charge in [0, 0.05) is 19.0 Å². The van der Waals surface area contributed by atoms with E-state index < -0.39 is 11.6 Å². The number of rotatable bonds is 6. The van der Waals surface area contributed by atoms with Crippen LogP contribution in [0.1, 0.15) is 68.8 Å². The molecular formula is C26H33N5O4. The number of benzene rings is 1. The molecule has 3 N–H and O–H groups in total. The summed E-state index contributed by atoms with van der Waals surface area (Å²) in [7, 11) is 1.55. The molecule has 0 atom stereocenters. The van der Waals surface area contributed by atoms with Gasteiger partial charge >= 0.3 is 5.97 Å². The second-order valence-electron chi connectivity index (χ2n) is 10.1. The number of carbonyl (C=O) groups is 2. The van der Waals surface area contributed by atoms with E-state index in [1.165, 1.54) is 10.5 Å². The third-order valence-electron chi connectivity index (χ3n) is 6.90. The molecule has 35 heavy (non-hydrogen) atoms. The summed E-state index contributed by atoms with van der Waals surface area (Å²) in [6.45, 7) is 5.45. The zero-order chi connectivity index (χ0) is 25.3. The number of carbonyl (C=O) groups excluding carboxylic acids is 1. The highest BCUT2D eigenvalue weighted by Crippen LogP contribution is 2.40. The van der Waals surface area contributed by atoms with Gasteiger partial charge in [0.05, 0.1) is 5.71 Å². The van der Waals surface area contributed by atoms with Gasteiger partial charge in [-0.2, -0.15) is 4.98 Å². The Morgan fingerprint density at radius 3 is 2.43 bits per heavy atom. The van der Waals surface area contributed by atoms with Crippen molar-refractivity contribution >= 4 is 29.1 Å². The van der Waals surface area contributed by atoms with Gasteiger partial charge in [-0.25, -0.2) is 9.98 Å². The summed E-state index contributed by atoms with van der Waals surface area (Å²) < 4.78 is 6.15. The number of carboxylic acid groups (broad SMARTS) is 1. The first-order valence-electron chi connectivity index (χ1n) is 12.0. The van der Waals surface area contributed by atoms with E-state index in [4.69, 9.17) is 20.6 Å². The van der Waals surface area contributed by atoms with E-state index in [-0.39, 0.29) is 12.5 Å². The fraction of sp³-hybridized carbons (Fsp3) is 0.500. The normalized spacial score (nSPS) is 20.9. The van der Waals surface area contributed by atoms with Crippen LogP contribution >= 0.6 is 0 Å². The molecule has 0 saturated heterocycles. The summed E-state index contributed by atoms with van der Waals surface area (Å²) in [4.78, 5) is 37.8. The molecular weight excluding hydrogens is 446 g/mol. The Morgan fingerprint density at radius 2 is 1.80 bits per heavy atom. The largest absolute Gasteiger partial charge is 0.480 e. The number of ether oxygens (including phenoxy) is 1. The summed E-state index contributed by atoms with van der Waals surface area (Å²) >= 11 is 0. The number of nitrogen functional groups attached to an aromatic ring is 1. The fourth-order valence-corrected chi connectivity index (χ4v) is 4.99. The van der Waals surface area contributed by atoms with Crippen LogP contribution in [0, 0.1) is 12.8 Å². The van der Waals surface area contributed by atoms with Crippen LogP contribution in [0.15, 0.2) is 29.3 Å². The minimum Gasteiger partial charge on any atom is -0.480 e. The van der Waals surface area contributed by atoms with E-state index in [2.05, 4.69) is 34.2 Å². The maximum absolute atomic E-state index is 12.3. The molecule has 186 valence electrons. The number of aromatic nitrogens is 2. The maximum Gasteiger partial charge on any atom is 0.323 e. The zero-order valence-corrected chi connectivity index (χ0v) is 20.7. The summed E-state index contributed by atoms with van der Waals surface area (Å²) in [5.41, 5.74) is 8.90. The minimum absolute atomic E-state index is 0.0962. The molecule has 1 amide bonds. The van der Waals surface area contributed by atoms with Crippen LogP contribution in [0.4, 0.5) is 11.5 Å². The lowest BCUT2D eigenvalue weighted by Gasteiger charge is -2.32. The summed E-state index contributed by atoms with van der Waals surface area (Å²) in [6, 6.07) is 8.45. The number of nitrogens with two attached hydrogens (primary N) is 1. The first kappa shape index (κ1) is 24.6. The Labute approximate surface area is 205 Å². The topological polar surface area (TPSA) is 131 Å². The highest BCUT2D eigenvalue weighted by molar-refractivity contribution is 6.09. The second kappa shape index (κ2) is 9.64. The number of anilines is 1. The Kier molecular flexibility index (Phi) is 6.78. The van der Waals surface area contributed by atoms with Gasteiger partial charge in [-0.3, -0.25) is 9.59 Å². The number of aryl methyl sites for hydroxylation is 1. The van der Waals surface area contributed by atoms with Gasteiger partial charge in [-0.05, 0) is 63.9 Å². The molecule has 1 aliphatic heterocycles. The van der Waals surface area contributed by atoms with Gasteiger partial charge < -0.3 is 20.5 Å². The predicted octanol–water partition coefficient (Wildman–Crippen LogP) is 3.87. The molecule has 1 saturated carbocycles. The Morgan fingerprint density at radius 1 is 1.14 bits per heavy atom. The molecule has 1 aromatic heterocycles. The van der Waals surface area contributed by atoms with Crippen molar-refractivity contribution in [3.05, 3.63) is 41.2 Å². The summed E-state index contributed by atoms with van der Waals surface area (Å²) in [6.07, 6.45) is 4.36. The van der Waals surface area contributed by atoms with Crippen LogP contribution < -0.4 is 10.5 Å². The standard InChI is InChI=1S/C26H33N5O4/c1-15-28-24(27)22-25(29-15)35-26(2,3)23(30-22)19-11-9-18(10-12-19)17-7-5-16(6-8-17)13-20(32)31(4)14-21(33)34/h9-12,16-17H,5-8,13-14H2,1-4H3,(H,33,34)(H2,27,28,29). The molecule has 0 unspecified atom stereocenters. The number of nitrogens with zero attached hydrogens (tertiary/aromatic N) is 4. The molecule has 9 heteroatoms. The molecule has 9 nitrogen and oxygen atoms in total. The summed E-state index contributed by atoms with van der Waals surface area (Å²) in [5.74, 6) is 0.926. The van der Waals surface area contributed by atoms with Gasteiger partial charge in [0.2, 0.25) is 11.8 Å². The average molecular weight is 480 g/mol. The quantitative estimate of drug-likeness (QED) is 0.643. The molecule has 0 radical (unpaired) electrons. The van der Waals surface area contributed by atoms with E-state index in [9.17, 15) is 9.59 Å². The van der Waals surface area contributed by atoms with E-state index >= 15 is 0 Å². The second-order valence-corrected chi connectivity index (χ2v) is 10.1. The number of aliphatic carboxylic acids is 1. The van der Waals surface area contributed by atoms with Crippen LogP contribution in [0.25, 0.3) is 0 Å². The average Bonchev–Trinajstić information content (AvgIpc) is 2.78. The van der Waals surface area contributed by atoms with Crippen LogP contribution in [0.2, 0.25) is 0 Å². The first-order chi connectivity index (χ1) is 16.5. The smallest absolute Gasteiger partial charge is 0.323 e. The van der Waals surface area contributed by atoms with Gasteiger partial charge in [-0.15, -0.1) is 0 Å². The lowest BCUT2D eigenvalue weighted by atomic mass is 9.77. The van der Waals surface area contributed by atoms with E-state index in [0.717, 1.165) is 37.0 Å². The van der Waals surface area contributed by atoms with Gasteiger partial charge in [-0.1, -0.05) is 24.3 Å². The lowest BCUT2D eigenvalue weighted by molar-refractivity contribution is -0.143. The van der Waals surface area contributed by atoms with Crippen LogP contribution in [-0.2, 0) is 9.59 Å². The Bertz CT molecular complexity index is 1150. The zero-order valence-electron chi connectivity index (χ0n) is 20.7. The first-order valence-corrected chi connectivity index (χ1v) is 12.0. The fourth-order valence-electron chi connectivity index (χ4n) is 4.99. The third-order valence-corrected chi connectivity index (χ3v) is 6.90. The minimum atomic E-state index is -0.988. The van der Waals surface area contributed by atoms with E-state index in [1.54, 1.807) is 14.0 Å². The molecule has 2 aromatic rings. The number of likely N-dealkylation sites (N-methyl/N-ethyl adjacent to an activating group) is 1. The van der Waals surface area contributed by atoms with Crippen LogP contribution in [0.5, 0.6) is 5.88 Å². The number of aliphatic imine (C=N–C) groups is 1. The third kappa shape index (κ3) is 5.44. The molecule has 0 spiro atoms. The Balaban J connectivity index is 1.42.